The second-order valence-corrected chi connectivity index (χ2v) is 8.48. The van der Waals surface area contributed by atoms with E-state index in [-0.39, 0.29) is 19.1 Å². The molecule has 3 rings (SSSR count). The number of carboxylic acid groups (broad SMARTS) is 1. The van der Waals surface area contributed by atoms with Gasteiger partial charge in [-0.25, -0.2) is 0 Å². The van der Waals surface area contributed by atoms with Crippen LogP contribution in [0.3, 0.4) is 0 Å². The quantitative estimate of drug-likeness (QED) is 0.193. The van der Waals surface area contributed by atoms with Crippen LogP contribution >= 0.6 is 0 Å². The molecule has 0 fully saturated rings. The van der Waals surface area contributed by atoms with Crippen LogP contribution in [0.25, 0.3) is 0 Å². The van der Waals surface area contributed by atoms with Crippen molar-refractivity contribution in [3.63, 3.8) is 0 Å². The lowest BCUT2D eigenvalue weighted by Crippen LogP contribution is -2.13. The van der Waals surface area contributed by atoms with Crippen molar-refractivity contribution in [3.8, 4) is 11.5 Å². The fourth-order valence-electron chi connectivity index (χ4n) is 3.55. The lowest BCUT2D eigenvalue weighted by Gasteiger charge is -2.12. The van der Waals surface area contributed by atoms with Crippen molar-refractivity contribution >= 4 is 17.4 Å². The van der Waals surface area contributed by atoms with Gasteiger partial charge in [0.25, 0.3) is 0 Å². The van der Waals surface area contributed by atoms with Crippen LogP contribution in [0.4, 0.5) is 0 Å². The van der Waals surface area contributed by atoms with Gasteiger partial charge in [0.1, 0.15) is 43.6 Å². The van der Waals surface area contributed by atoms with Crippen LogP contribution in [0, 0.1) is 0 Å². The van der Waals surface area contributed by atoms with Crippen LogP contribution in [0.5, 0.6) is 11.5 Å². The fourth-order valence-corrected chi connectivity index (χ4v) is 3.55. The zero-order chi connectivity index (χ0) is 27.2. The first-order valence-electron chi connectivity index (χ1n) is 12.6. The van der Waals surface area contributed by atoms with Gasteiger partial charge >= 0.3 is 5.97 Å². The Bertz CT molecular complexity index is 1190. The van der Waals surface area contributed by atoms with Gasteiger partial charge in [0.15, 0.2) is 0 Å². The molecule has 8 heteroatoms. The molecule has 200 valence electrons. The topological polar surface area (TPSA) is 98.9 Å². The molecule has 0 amide bonds. The minimum absolute atomic E-state index is 0.0393. The summed E-state index contributed by atoms with van der Waals surface area (Å²) in [7, 11) is 1.51. The Kier molecular flexibility index (Phi) is 11.2. The molecule has 0 saturated heterocycles. The van der Waals surface area contributed by atoms with Crippen LogP contribution in [-0.4, -0.2) is 42.3 Å². The number of carboxylic acids is 1. The fraction of sp³-hybridized carbons (Fsp3) is 0.300. The summed E-state index contributed by atoms with van der Waals surface area (Å²) in [4.78, 5) is 21.8. The number of hydrogen-bond acceptors (Lipinski definition) is 7. The summed E-state index contributed by atoms with van der Waals surface area (Å²) < 4.78 is 11.8. The number of aliphatic carboxylic acids is 1. The molecule has 1 N–H and O–H groups in total. The molecule has 0 unspecified atom stereocenters. The van der Waals surface area contributed by atoms with Crippen molar-refractivity contribution in [2.24, 2.45) is 10.3 Å². The smallest absolute Gasteiger partial charge is 0.309 e. The zero-order valence-electron chi connectivity index (χ0n) is 22.0. The Morgan fingerprint density at radius 1 is 0.789 bits per heavy atom. The molecule has 0 heterocycles. The Morgan fingerprint density at radius 3 is 2.00 bits per heavy atom. The highest BCUT2D eigenvalue weighted by Crippen LogP contribution is 2.18. The molecule has 0 aliphatic rings. The van der Waals surface area contributed by atoms with Gasteiger partial charge < -0.3 is 24.3 Å². The van der Waals surface area contributed by atoms with Gasteiger partial charge in [0.2, 0.25) is 0 Å². The van der Waals surface area contributed by atoms with Gasteiger partial charge in [-0.1, -0.05) is 66.6 Å². The standard InChI is InChI=1S/C30H34N2O6/c1-4-25(5-2)38-32-28(19-30(33)34)24-13-17-27(18-14-24)36-20-22-11-15-26(16-12-22)37-21-29(31-35-3)23-9-7-6-8-10-23/h6-18,25H,4-5,19-21H2,1-3H3,(H,33,34)/b31-29+,32-28-. The average Bonchev–Trinajstić information content (AvgIpc) is 2.95. The minimum Gasteiger partial charge on any atom is -0.489 e. The third-order valence-corrected chi connectivity index (χ3v) is 5.74. The third kappa shape index (κ3) is 8.96. The van der Waals surface area contributed by atoms with E-state index in [4.69, 9.17) is 19.1 Å². The van der Waals surface area contributed by atoms with Crippen molar-refractivity contribution in [2.45, 2.75) is 45.8 Å². The van der Waals surface area contributed by atoms with Crippen LogP contribution in [0.1, 0.15) is 49.8 Å². The highest BCUT2D eigenvalue weighted by Gasteiger charge is 2.12. The molecule has 0 aliphatic heterocycles. The number of nitrogens with zero attached hydrogens (tertiary/aromatic N) is 2. The SMILES string of the molecule is CCC(CC)O/N=C(/CC(=O)O)c1ccc(OCc2ccc(OC/C(=N\OC)c3ccccc3)cc2)cc1. The highest BCUT2D eigenvalue weighted by molar-refractivity contribution is 6.08. The van der Waals surface area contributed by atoms with E-state index in [1.165, 1.54) is 7.11 Å². The normalized spacial score (nSPS) is 11.8. The summed E-state index contributed by atoms with van der Waals surface area (Å²) in [5, 5.41) is 17.5. The number of benzene rings is 3. The van der Waals surface area contributed by atoms with Gasteiger partial charge in [0.05, 0.1) is 12.1 Å². The van der Waals surface area contributed by atoms with E-state index >= 15 is 0 Å². The van der Waals surface area contributed by atoms with E-state index in [1.54, 1.807) is 24.3 Å². The summed E-state index contributed by atoms with van der Waals surface area (Å²) >= 11 is 0. The number of hydrogen-bond donors (Lipinski definition) is 1. The maximum Gasteiger partial charge on any atom is 0.309 e. The van der Waals surface area contributed by atoms with E-state index < -0.39 is 5.97 Å². The Hall–Kier alpha value is -4.33. The van der Waals surface area contributed by atoms with Crippen molar-refractivity contribution in [2.75, 3.05) is 13.7 Å². The Labute approximate surface area is 223 Å². The molecule has 0 bridgehead atoms. The summed E-state index contributed by atoms with van der Waals surface area (Å²) in [6.07, 6.45) is 1.34. The molecule has 8 nitrogen and oxygen atoms in total. The molecule has 0 saturated carbocycles. The monoisotopic (exact) mass is 518 g/mol. The number of carbonyl (C=O) groups is 1. The number of rotatable bonds is 15. The predicted octanol–water partition coefficient (Wildman–Crippen LogP) is 6.08. The predicted molar refractivity (Wildman–Crippen MR) is 147 cm³/mol. The van der Waals surface area contributed by atoms with Crippen LogP contribution in [-0.2, 0) is 21.1 Å². The van der Waals surface area contributed by atoms with E-state index in [0.717, 1.165) is 24.0 Å². The largest absolute Gasteiger partial charge is 0.489 e. The van der Waals surface area contributed by atoms with Gasteiger partial charge in [-0.05, 0) is 54.8 Å². The molecule has 3 aromatic carbocycles. The van der Waals surface area contributed by atoms with Crippen molar-refractivity contribution < 1.29 is 29.0 Å². The summed E-state index contributed by atoms with van der Waals surface area (Å²) in [6.45, 7) is 4.66. The maximum atomic E-state index is 11.3. The molecule has 0 spiro atoms. The Morgan fingerprint density at radius 2 is 1.39 bits per heavy atom. The molecular weight excluding hydrogens is 484 g/mol. The van der Waals surface area contributed by atoms with Crippen LogP contribution < -0.4 is 9.47 Å². The van der Waals surface area contributed by atoms with E-state index in [0.29, 0.717) is 35.1 Å². The number of ether oxygens (including phenoxy) is 2. The lowest BCUT2D eigenvalue weighted by molar-refractivity contribution is -0.135. The third-order valence-electron chi connectivity index (χ3n) is 5.74. The van der Waals surface area contributed by atoms with Gasteiger partial charge in [-0.2, -0.15) is 0 Å². The van der Waals surface area contributed by atoms with E-state index in [2.05, 4.69) is 10.3 Å². The van der Waals surface area contributed by atoms with Crippen molar-refractivity contribution in [1.29, 1.82) is 0 Å². The van der Waals surface area contributed by atoms with Crippen molar-refractivity contribution in [1.82, 2.24) is 0 Å². The molecular formula is C30H34N2O6. The first-order chi connectivity index (χ1) is 18.5. The van der Waals surface area contributed by atoms with Gasteiger partial charge in [-0.15, -0.1) is 0 Å². The van der Waals surface area contributed by atoms with Crippen LogP contribution in [0.15, 0.2) is 89.2 Å². The summed E-state index contributed by atoms with van der Waals surface area (Å²) in [6, 6.07) is 24.5. The first-order valence-corrected chi connectivity index (χ1v) is 12.6. The lowest BCUT2D eigenvalue weighted by atomic mass is 10.1. The average molecular weight is 519 g/mol. The maximum absolute atomic E-state index is 11.3. The minimum atomic E-state index is -0.966. The second kappa shape index (κ2) is 15.0. The molecule has 0 aliphatic carbocycles. The summed E-state index contributed by atoms with van der Waals surface area (Å²) in [5.41, 5.74) is 3.66. The molecule has 38 heavy (non-hydrogen) atoms. The van der Waals surface area contributed by atoms with E-state index in [9.17, 15) is 9.90 Å². The molecule has 0 aromatic heterocycles. The van der Waals surface area contributed by atoms with Crippen molar-refractivity contribution in [3.05, 3.63) is 95.6 Å². The Balaban J connectivity index is 1.56. The van der Waals surface area contributed by atoms with Crippen LogP contribution in [0.2, 0.25) is 0 Å². The molecule has 3 aromatic rings. The van der Waals surface area contributed by atoms with E-state index in [1.807, 2.05) is 68.4 Å². The molecule has 0 atom stereocenters. The van der Waals surface area contributed by atoms with Gasteiger partial charge in [-0.3, -0.25) is 4.79 Å². The van der Waals surface area contributed by atoms with Gasteiger partial charge in [0, 0.05) is 11.1 Å². The zero-order valence-corrected chi connectivity index (χ0v) is 22.0. The second-order valence-electron chi connectivity index (χ2n) is 8.48. The first kappa shape index (κ1) is 28.2. The summed E-state index contributed by atoms with van der Waals surface area (Å²) in [5.74, 6) is 0.401. The number of oxime groups is 2. The molecule has 0 radical (unpaired) electrons. The highest BCUT2D eigenvalue weighted by atomic mass is 16.6.